The maximum atomic E-state index is 13.4. The molecule has 114 valence electrons. The van der Waals surface area contributed by atoms with Gasteiger partial charge >= 0.3 is 5.97 Å². The molecule has 0 saturated carbocycles. The fourth-order valence-corrected chi connectivity index (χ4v) is 1.71. The van der Waals surface area contributed by atoms with E-state index in [-0.39, 0.29) is 5.56 Å². The Labute approximate surface area is 130 Å². The Morgan fingerprint density at radius 2 is 2.19 bits per heavy atom. The molecule has 0 heterocycles. The zero-order chi connectivity index (χ0) is 15.7. The van der Waals surface area contributed by atoms with E-state index in [1.165, 1.54) is 25.3 Å². The Morgan fingerprint density at radius 1 is 1.43 bits per heavy atom. The molecule has 0 aromatic heterocycles. The van der Waals surface area contributed by atoms with Crippen LogP contribution in [0.1, 0.15) is 5.56 Å². The topological polar surface area (TPSA) is 64.6 Å². The molecule has 7 heteroatoms. The van der Waals surface area contributed by atoms with E-state index in [0.29, 0.717) is 17.6 Å². The Kier molecular flexibility index (Phi) is 7.63. The fourth-order valence-electron chi connectivity index (χ4n) is 1.33. The van der Waals surface area contributed by atoms with E-state index in [0.717, 1.165) is 6.08 Å². The number of amides is 1. The van der Waals surface area contributed by atoms with Crippen LogP contribution in [-0.2, 0) is 19.1 Å². The van der Waals surface area contributed by atoms with Crippen molar-refractivity contribution in [1.82, 2.24) is 5.32 Å². The molecule has 0 radical (unpaired) electrons. The second kappa shape index (κ2) is 9.25. The summed E-state index contributed by atoms with van der Waals surface area (Å²) >= 11 is 3.20. The summed E-state index contributed by atoms with van der Waals surface area (Å²) in [6.45, 7) is 0.321. The number of rotatable bonds is 7. The summed E-state index contributed by atoms with van der Waals surface area (Å²) in [6.07, 6.45) is 2.35. The highest BCUT2D eigenvalue weighted by atomic mass is 79.9. The lowest BCUT2D eigenvalue weighted by molar-refractivity contribution is -0.143. The van der Waals surface area contributed by atoms with Gasteiger partial charge in [-0.2, -0.15) is 0 Å². The van der Waals surface area contributed by atoms with Crippen LogP contribution in [-0.4, -0.2) is 38.7 Å². The molecule has 0 spiro atoms. The predicted octanol–water partition coefficient (Wildman–Crippen LogP) is 1.91. The lowest BCUT2D eigenvalue weighted by atomic mass is 10.2. The van der Waals surface area contributed by atoms with E-state index in [4.69, 9.17) is 9.47 Å². The molecule has 1 rings (SSSR count). The molecule has 0 bridgehead atoms. The van der Waals surface area contributed by atoms with Crippen molar-refractivity contribution in [2.75, 3.05) is 26.9 Å². The van der Waals surface area contributed by atoms with Gasteiger partial charge in [-0.15, -0.1) is 0 Å². The minimum Gasteiger partial charge on any atom is -0.452 e. The SMILES string of the molecule is COCCNC(=O)COC(=O)/C=C/c1cc(Br)ccc1F. The fraction of sp³-hybridized carbons (Fsp3) is 0.286. The normalized spacial score (nSPS) is 10.6. The number of methoxy groups -OCH3 is 1. The molecule has 0 unspecified atom stereocenters. The van der Waals surface area contributed by atoms with Gasteiger partial charge in [0.15, 0.2) is 6.61 Å². The number of carbonyl (C=O) groups excluding carboxylic acids is 2. The van der Waals surface area contributed by atoms with Crippen molar-refractivity contribution in [1.29, 1.82) is 0 Å². The summed E-state index contributed by atoms with van der Waals surface area (Å²) < 4.78 is 23.6. The van der Waals surface area contributed by atoms with Crippen molar-refractivity contribution >= 4 is 33.9 Å². The minimum absolute atomic E-state index is 0.242. The van der Waals surface area contributed by atoms with Crippen molar-refractivity contribution in [2.45, 2.75) is 0 Å². The van der Waals surface area contributed by atoms with Crippen LogP contribution in [0.15, 0.2) is 28.7 Å². The van der Waals surface area contributed by atoms with Gasteiger partial charge in [-0.1, -0.05) is 15.9 Å². The lowest BCUT2D eigenvalue weighted by Crippen LogP contribution is -2.31. The van der Waals surface area contributed by atoms with Gasteiger partial charge in [0.1, 0.15) is 5.82 Å². The standard InChI is InChI=1S/C14H15BrFNO4/c1-20-7-6-17-13(18)9-21-14(19)5-2-10-8-11(15)3-4-12(10)16/h2-5,8H,6-7,9H2,1H3,(H,17,18)/b5-2+. The number of esters is 1. The second-order valence-corrected chi connectivity index (χ2v) is 4.87. The van der Waals surface area contributed by atoms with Crippen LogP contribution in [0.4, 0.5) is 4.39 Å². The average Bonchev–Trinajstić information content (AvgIpc) is 2.46. The highest BCUT2D eigenvalue weighted by molar-refractivity contribution is 9.10. The molecule has 21 heavy (non-hydrogen) atoms. The van der Waals surface area contributed by atoms with Crippen molar-refractivity contribution in [2.24, 2.45) is 0 Å². The van der Waals surface area contributed by atoms with Gasteiger partial charge in [-0.3, -0.25) is 4.79 Å². The Balaban J connectivity index is 2.41. The highest BCUT2D eigenvalue weighted by Crippen LogP contribution is 2.16. The molecule has 0 aliphatic carbocycles. The Morgan fingerprint density at radius 3 is 2.90 bits per heavy atom. The van der Waals surface area contributed by atoms with Gasteiger partial charge in [0.25, 0.3) is 5.91 Å². The number of hydrogen-bond acceptors (Lipinski definition) is 4. The van der Waals surface area contributed by atoms with Crippen molar-refractivity contribution < 1.29 is 23.5 Å². The summed E-state index contributed by atoms with van der Waals surface area (Å²) in [6, 6.07) is 4.35. The van der Waals surface area contributed by atoms with Crippen LogP contribution in [0.25, 0.3) is 6.08 Å². The molecular weight excluding hydrogens is 345 g/mol. The van der Waals surface area contributed by atoms with Crippen LogP contribution in [0.5, 0.6) is 0 Å². The van der Waals surface area contributed by atoms with Crippen LogP contribution in [0.3, 0.4) is 0 Å². The van der Waals surface area contributed by atoms with Gasteiger partial charge in [0, 0.05) is 29.8 Å². The molecule has 0 aliphatic heterocycles. The number of nitrogens with one attached hydrogen (secondary N) is 1. The van der Waals surface area contributed by atoms with E-state index in [2.05, 4.69) is 21.2 Å². The number of benzene rings is 1. The third-order valence-electron chi connectivity index (χ3n) is 2.33. The van der Waals surface area contributed by atoms with E-state index < -0.39 is 24.3 Å². The van der Waals surface area contributed by atoms with Crippen molar-refractivity contribution in [3.05, 3.63) is 40.1 Å². The Hall–Kier alpha value is -1.73. The molecule has 0 saturated heterocycles. The van der Waals surface area contributed by atoms with Gasteiger partial charge < -0.3 is 14.8 Å². The summed E-state index contributed by atoms with van der Waals surface area (Å²) in [5.41, 5.74) is 0.242. The predicted molar refractivity (Wildman–Crippen MR) is 79.0 cm³/mol. The summed E-state index contributed by atoms with van der Waals surface area (Å²) in [5.74, 6) is -1.61. The maximum absolute atomic E-state index is 13.4. The third-order valence-corrected chi connectivity index (χ3v) is 2.82. The second-order valence-electron chi connectivity index (χ2n) is 3.95. The van der Waals surface area contributed by atoms with E-state index >= 15 is 0 Å². The quantitative estimate of drug-likeness (QED) is 0.458. The van der Waals surface area contributed by atoms with Gasteiger partial charge in [0.05, 0.1) is 6.61 Å². The zero-order valence-electron chi connectivity index (χ0n) is 11.4. The van der Waals surface area contributed by atoms with E-state index in [1.54, 1.807) is 6.07 Å². The van der Waals surface area contributed by atoms with Crippen LogP contribution in [0.2, 0.25) is 0 Å². The first-order valence-electron chi connectivity index (χ1n) is 6.08. The third kappa shape index (κ3) is 7.01. The molecule has 5 nitrogen and oxygen atoms in total. The smallest absolute Gasteiger partial charge is 0.331 e. The highest BCUT2D eigenvalue weighted by Gasteiger charge is 2.05. The first-order valence-corrected chi connectivity index (χ1v) is 6.87. The number of hydrogen-bond donors (Lipinski definition) is 1. The molecular formula is C14H15BrFNO4. The number of ether oxygens (including phenoxy) is 2. The lowest BCUT2D eigenvalue weighted by Gasteiger charge is -2.04. The van der Waals surface area contributed by atoms with Crippen LogP contribution < -0.4 is 5.32 Å². The molecule has 0 aliphatic rings. The van der Waals surface area contributed by atoms with E-state index in [9.17, 15) is 14.0 Å². The van der Waals surface area contributed by atoms with E-state index in [1.807, 2.05) is 0 Å². The number of halogens is 2. The average molecular weight is 360 g/mol. The molecule has 1 aromatic rings. The van der Waals surface area contributed by atoms with Crippen LogP contribution in [0, 0.1) is 5.82 Å². The largest absolute Gasteiger partial charge is 0.452 e. The van der Waals surface area contributed by atoms with Crippen LogP contribution >= 0.6 is 15.9 Å². The molecule has 1 aromatic carbocycles. The van der Waals surface area contributed by atoms with Crippen molar-refractivity contribution in [3.8, 4) is 0 Å². The summed E-state index contributed by atoms with van der Waals surface area (Å²) in [5, 5.41) is 2.50. The van der Waals surface area contributed by atoms with Crippen molar-refractivity contribution in [3.63, 3.8) is 0 Å². The van der Waals surface area contributed by atoms with Gasteiger partial charge in [-0.25, -0.2) is 9.18 Å². The first-order chi connectivity index (χ1) is 10.0. The minimum atomic E-state index is -0.726. The van der Waals surface area contributed by atoms with Gasteiger partial charge in [0.2, 0.25) is 0 Å². The molecule has 1 amide bonds. The molecule has 0 atom stereocenters. The maximum Gasteiger partial charge on any atom is 0.331 e. The zero-order valence-corrected chi connectivity index (χ0v) is 13.0. The molecule has 1 N–H and O–H groups in total. The summed E-state index contributed by atoms with van der Waals surface area (Å²) in [4.78, 5) is 22.7. The Bertz CT molecular complexity index is 534. The summed E-state index contributed by atoms with van der Waals surface area (Å²) in [7, 11) is 1.51. The monoisotopic (exact) mass is 359 g/mol. The molecule has 0 fully saturated rings. The first kappa shape index (κ1) is 17.3. The number of carbonyl (C=O) groups is 2. The van der Waals surface area contributed by atoms with Gasteiger partial charge in [-0.05, 0) is 24.3 Å².